The van der Waals surface area contributed by atoms with E-state index in [-0.39, 0.29) is 29.6 Å². The first-order chi connectivity index (χ1) is 10.7. The van der Waals surface area contributed by atoms with Gasteiger partial charge >= 0.3 is 6.18 Å². The molecule has 0 amide bonds. The summed E-state index contributed by atoms with van der Waals surface area (Å²) in [5.74, 6) is -0.166. The van der Waals surface area contributed by atoms with Gasteiger partial charge in [0.25, 0.3) is 0 Å². The van der Waals surface area contributed by atoms with Crippen molar-refractivity contribution in [1.82, 2.24) is 15.3 Å². The van der Waals surface area contributed by atoms with Crippen LogP contribution in [0.2, 0.25) is 0 Å². The van der Waals surface area contributed by atoms with Gasteiger partial charge in [-0.2, -0.15) is 13.2 Å². The molecule has 1 aliphatic carbocycles. The van der Waals surface area contributed by atoms with Crippen LogP contribution in [0, 0.1) is 11.8 Å². The lowest BCUT2D eigenvalue weighted by molar-refractivity contribution is -0.141. The minimum atomic E-state index is -4.58. The van der Waals surface area contributed by atoms with Crippen LogP contribution >= 0.6 is 0 Å². The second-order valence-electron chi connectivity index (χ2n) is 5.73. The Morgan fingerprint density at radius 3 is 2.39 bits per heavy atom. The Kier molecular flexibility index (Phi) is 3.42. The van der Waals surface area contributed by atoms with Gasteiger partial charge in [-0.1, -0.05) is 6.92 Å². The van der Waals surface area contributed by atoms with Crippen molar-refractivity contribution in [2.45, 2.75) is 31.6 Å². The molecule has 0 unspecified atom stereocenters. The van der Waals surface area contributed by atoms with E-state index in [0.717, 1.165) is 25.1 Å². The Balaban J connectivity index is 2.15. The van der Waals surface area contributed by atoms with Gasteiger partial charge in [-0.15, -0.1) is 0 Å². The molecule has 10 heteroatoms. The van der Waals surface area contributed by atoms with Crippen molar-refractivity contribution in [3.63, 3.8) is 0 Å². The van der Waals surface area contributed by atoms with Crippen LogP contribution in [-0.2, 0) is 11.8 Å². The van der Waals surface area contributed by atoms with E-state index in [2.05, 4.69) is 25.3 Å². The normalized spacial score (nSPS) is 21.9. The van der Waals surface area contributed by atoms with Crippen molar-refractivity contribution < 1.29 is 13.2 Å². The van der Waals surface area contributed by atoms with E-state index < -0.39 is 17.5 Å². The van der Waals surface area contributed by atoms with Crippen molar-refractivity contribution in [3.8, 4) is 0 Å². The van der Waals surface area contributed by atoms with Crippen LogP contribution in [0.4, 0.5) is 13.2 Å². The van der Waals surface area contributed by atoms with E-state index in [4.69, 9.17) is 11.5 Å². The van der Waals surface area contributed by atoms with Crippen LogP contribution in [-0.4, -0.2) is 21.9 Å². The first kappa shape index (κ1) is 15.5. The van der Waals surface area contributed by atoms with E-state index in [1.165, 1.54) is 0 Å². The molecule has 0 saturated heterocycles. The molecule has 23 heavy (non-hydrogen) atoms. The Morgan fingerprint density at radius 2 is 1.87 bits per heavy atom. The molecule has 1 aliphatic heterocycles. The maximum absolute atomic E-state index is 13.0. The zero-order chi connectivity index (χ0) is 16.8. The molecule has 0 radical (unpaired) electrons. The second kappa shape index (κ2) is 5.07. The summed E-state index contributed by atoms with van der Waals surface area (Å²) in [6.45, 7) is 1.85. The quantitative estimate of drug-likeness (QED) is 0.764. The van der Waals surface area contributed by atoms with Gasteiger partial charge < -0.3 is 11.5 Å². The van der Waals surface area contributed by atoms with E-state index >= 15 is 0 Å². The van der Waals surface area contributed by atoms with Crippen LogP contribution in [0.1, 0.15) is 31.3 Å². The summed E-state index contributed by atoms with van der Waals surface area (Å²) in [5.41, 5.74) is 8.95. The summed E-state index contributed by atoms with van der Waals surface area (Å²) in [5, 5.41) is 2.54. The summed E-state index contributed by atoms with van der Waals surface area (Å²) in [4.78, 5) is 16.1. The fraction of sp³-hybridized carbons (Fsp3) is 0.538. The Bertz CT molecular complexity index is 660. The average Bonchev–Trinajstić information content (AvgIpc) is 3.29. The molecule has 5 N–H and O–H groups in total. The molecule has 124 valence electrons. The van der Waals surface area contributed by atoms with Gasteiger partial charge in [0.15, 0.2) is 17.7 Å². The fourth-order valence-electron chi connectivity index (χ4n) is 2.71. The largest absolute Gasteiger partial charge is 0.433 e. The lowest BCUT2D eigenvalue weighted by Crippen LogP contribution is -2.51. The molecule has 1 atom stereocenters. The minimum absolute atomic E-state index is 0.0222. The third kappa shape index (κ3) is 2.80. The molecular formula is C13H16F3N7. The van der Waals surface area contributed by atoms with Gasteiger partial charge in [0, 0.05) is 12.1 Å². The van der Waals surface area contributed by atoms with Crippen LogP contribution < -0.4 is 16.8 Å². The third-order valence-corrected chi connectivity index (χ3v) is 4.08. The van der Waals surface area contributed by atoms with E-state index in [1.807, 2.05) is 6.92 Å². The van der Waals surface area contributed by atoms with Crippen LogP contribution in [0.15, 0.2) is 22.2 Å². The Hall–Kier alpha value is -2.39. The number of aromatic nitrogens is 2. The fourth-order valence-corrected chi connectivity index (χ4v) is 2.71. The molecule has 3 rings (SSSR count). The summed E-state index contributed by atoms with van der Waals surface area (Å²) < 4.78 is 38.9. The van der Waals surface area contributed by atoms with Crippen molar-refractivity contribution in [1.29, 1.82) is 0 Å². The van der Waals surface area contributed by atoms with E-state index in [0.29, 0.717) is 0 Å². The van der Waals surface area contributed by atoms with Crippen molar-refractivity contribution in [2.75, 3.05) is 0 Å². The predicted octanol–water partition coefficient (Wildman–Crippen LogP) is 0.927. The molecule has 0 spiro atoms. The highest BCUT2D eigenvalue weighted by Gasteiger charge is 2.50. The highest BCUT2D eigenvalue weighted by atomic mass is 19.4. The van der Waals surface area contributed by atoms with Crippen LogP contribution in [0.5, 0.6) is 0 Å². The maximum atomic E-state index is 13.0. The molecular weight excluding hydrogens is 311 g/mol. The number of nitrogens with one attached hydrogen (secondary N) is 1. The van der Waals surface area contributed by atoms with Crippen LogP contribution in [0.25, 0.3) is 0 Å². The zero-order valence-electron chi connectivity index (χ0n) is 12.3. The standard InChI is InChI=1S/C13H16F3N7/c1-6(7-2-3-7)12(22-10(17)21-11(18)23-12)9-19-5-4-8(20-9)13(14,15)16/h4-7H,2-3H2,1H3,(H5,17,18,21,22,23)/t6-/m1/s1. The minimum Gasteiger partial charge on any atom is -0.370 e. The molecule has 0 bridgehead atoms. The molecule has 1 aromatic heterocycles. The third-order valence-electron chi connectivity index (χ3n) is 4.08. The number of halogens is 3. The topological polar surface area (TPSA) is 115 Å². The number of hydrogen-bond donors (Lipinski definition) is 3. The Labute approximate surface area is 130 Å². The zero-order valence-corrected chi connectivity index (χ0v) is 12.3. The summed E-state index contributed by atoms with van der Waals surface area (Å²) in [6, 6.07) is 0.806. The summed E-state index contributed by atoms with van der Waals surface area (Å²) in [7, 11) is 0. The highest BCUT2D eigenvalue weighted by Crippen LogP contribution is 2.48. The van der Waals surface area contributed by atoms with Crippen LogP contribution in [0.3, 0.4) is 0 Å². The summed E-state index contributed by atoms with van der Waals surface area (Å²) >= 11 is 0. The maximum Gasteiger partial charge on any atom is 0.433 e. The number of guanidine groups is 2. The van der Waals surface area contributed by atoms with Gasteiger partial charge in [-0.3, -0.25) is 5.32 Å². The monoisotopic (exact) mass is 327 g/mol. The number of nitrogens with zero attached hydrogens (tertiary/aromatic N) is 4. The molecule has 1 fully saturated rings. The molecule has 0 aromatic carbocycles. The predicted molar refractivity (Wildman–Crippen MR) is 77.0 cm³/mol. The molecule has 1 saturated carbocycles. The molecule has 1 aromatic rings. The average molecular weight is 327 g/mol. The number of aliphatic imine (C=N–C) groups is 2. The molecule has 2 heterocycles. The number of hydrogen-bond acceptors (Lipinski definition) is 7. The number of alkyl halides is 3. The van der Waals surface area contributed by atoms with Gasteiger partial charge in [0.05, 0.1) is 0 Å². The Morgan fingerprint density at radius 1 is 1.26 bits per heavy atom. The lowest BCUT2D eigenvalue weighted by Gasteiger charge is -2.34. The van der Waals surface area contributed by atoms with Gasteiger partial charge in [-0.05, 0) is 24.8 Å². The highest BCUT2D eigenvalue weighted by molar-refractivity contribution is 5.98. The second-order valence-corrected chi connectivity index (χ2v) is 5.73. The van der Waals surface area contributed by atoms with E-state index in [9.17, 15) is 13.2 Å². The lowest BCUT2D eigenvalue weighted by atomic mass is 9.89. The van der Waals surface area contributed by atoms with Crippen molar-refractivity contribution >= 4 is 11.9 Å². The van der Waals surface area contributed by atoms with Gasteiger partial charge in [0.1, 0.15) is 5.69 Å². The number of nitrogens with two attached hydrogens (primary N) is 2. The van der Waals surface area contributed by atoms with Crippen molar-refractivity contribution in [3.05, 3.63) is 23.8 Å². The SMILES string of the molecule is C[C@H](C1CC1)C1(c2nccc(C(F)(F)F)n2)N=C(N)NC(N)=N1. The van der Waals surface area contributed by atoms with Gasteiger partial charge in [-0.25, -0.2) is 20.0 Å². The summed E-state index contributed by atoms with van der Waals surface area (Å²) in [6.07, 6.45) is -1.65. The molecule has 7 nitrogen and oxygen atoms in total. The number of rotatable bonds is 3. The van der Waals surface area contributed by atoms with Crippen molar-refractivity contribution in [2.24, 2.45) is 33.3 Å². The first-order valence-corrected chi connectivity index (χ1v) is 7.11. The van der Waals surface area contributed by atoms with Gasteiger partial charge in [0.2, 0.25) is 5.66 Å². The molecule has 2 aliphatic rings. The first-order valence-electron chi connectivity index (χ1n) is 7.11. The van der Waals surface area contributed by atoms with E-state index in [1.54, 1.807) is 0 Å². The smallest absolute Gasteiger partial charge is 0.370 e.